The summed E-state index contributed by atoms with van der Waals surface area (Å²) in [5, 5.41) is 5.47. The first kappa shape index (κ1) is 18.9. The summed E-state index contributed by atoms with van der Waals surface area (Å²) in [5.41, 5.74) is 1.32. The highest BCUT2D eigenvalue weighted by molar-refractivity contribution is 5.96. The zero-order valence-corrected chi connectivity index (χ0v) is 14.5. The van der Waals surface area contributed by atoms with Crippen LogP contribution in [-0.2, 0) is 25.6 Å². The topological polar surface area (TPSA) is 93.7 Å². The molecular weight excluding hydrogens is 324 g/mol. The lowest BCUT2D eigenvalue weighted by molar-refractivity contribution is -0.143. The van der Waals surface area contributed by atoms with Gasteiger partial charge >= 0.3 is 5.97 Å². The molecule has 136 valence electrons. The lowest BCUT2D eigenvalue weighted by Gasteiger charge is -2.14. The minimum Gasteiger partial charge on any atom is -0.467 e. The molecule has 7 nitrogen and oxygen atoms in total. The molecule has 0 radical (unpaired) electrons. The number of esters is 1. The maximum atomic E-state index is 12.2. The fraction of sp³-hybridized carbons (Fsp3) is 0.500. The molecule has 1 aliphatic heterocycles. The SMILES string of the molecule is CC[C@@H](NC(=O)c1ccc(CNC(=O)[C@@H]2CCCO2)cc1)C(=O)OC. The van der Waals surface area contributed by atoms with Crippen LogP contribution in [0.1, 0.15) is 42.1 Å². The predicted molar refractivity (Wildman–Crippen MR) is 90.8 cm³/mol. The molecule has 0 aliphatic carbocycles. The molecule has 0 aromatic heterocycles. The third-order valence-electron chi connectivity index (χ3n) is 4.10. The number of amides is 2. The van der Waals surface area contributed by atoms with Crippen LogP contribution in [0.25, 0.3) is 0 Å². The Labute approximate surface area is 147 Å². The van der Waals surface area contributed by atoms with Crippen LogP contribution >= 0.6 is 0 Å². The zero-order valence-electron chi connectivity index (χ0n) is 14.5. The zero-order chi connectivity index (χ0) is 18.2. The number of ether oxygens (including phenoxy) is 2. The first-order chi connectivity index (χ1) is 12.0. The molecule has 0 spiro atoms. The summed E-state index contributed by atoms with van der Waals surface area (Å²) in [7, 11) is 1.29. The fourth-order valence-corrected chi connectivity index (χ4v) is 2.57. The highest BCUT2D eigenvalue weighted by atomic mass is 16.5. The lowest BCUT2D eigenvalue weighted by atomic mass is 10.1. The van der Waals surface area contributed by atoms with Gasteiger partial charge in [0.05, 0.1) is 7.11 Å². The van der Waals surface area contributed by atoms with Crippen LogP contribution in [0.15, 0.2) is 24.3 Å². The number of rotatable bonds is 7. The maximum Gasteiger partial charge on any atom is 0.328 e. The van der Waals surface area contributed by atoms with E-state index in [1.165, 1.54) is 7.11 Å². The molecule has 1 aromatic carbocycles. The molecule has 1 saturated heterocycles. The van der Waals surface area contributed by atoms with Crippen molar-refractivity contribution in [2.75, 3.05) is 13.7 Å². The average Bonchev–Trinajstić information content (AvgIpc) is 3.18. The second kappa shape index (κ2) is 9.17. The van der Waals surface area contributed by atoms with Gasteiger partial charge in [0.25, 0.3) is 5.91 Å². The van der Waals surface area contributed by atoms with Gasteiger partial charge in [-0.05, 0) is 37.0 Å². The number of benzene rings is 1. The van der Waals surface area contributed by atoms with Crippen molar-refractivity contribution in [3.8, 4) is 0 Å². The van der Waals surface area contributed by atoms with E-state index in [-0.39, 0.29) is 17.9 Å². The number of hydrogen-bond acceptors (Lipinski definition) is 5. The van der Waals surface area contributed by atoms with E-state index in [1.54, 1.807) is 31.2 Å². The number of hydrogen-bond donors (Lipinski definition) is 2. The van der Waals surface area contributed by atoms with Crippen molar-refractivity contribution < 1.29 is 23.9 Å². The van der Waals surface area contributed by atoms with Crippen molar-refractivity contribution in [1.82, 2.24) is 10.6 Å². The van der Waals surface area contributed by atoms with Crippen molar-refractivity contribution in [2.24, 2.45) is 0 Å². The third-order valence-corrected chi connectivity index (χ3v) is 4.10. The average molecular weight is 348 g/mol. The maximum absolute atomic E-state index is 12.2. The lowest BCUT2D eigenvalue weighted by Crippen LogP contribution is -2.41. The molecule has 25 heavy (non-hydrogen) atoms. The van der Waals surface area contributed by atoms with E-state index in [1.807, 2.05) is 0 Å². The molecule has 0 bridgehead atoms. The summed E-state index contributed by atoms with van der Waals surface area (Å²) in [6, 6.07) is 6.19. The van der Waals surface area contributed by atoms with E-state index in [0.717, 1.165) is 18.4 Å². The quantitative estimate of drug-likeness (QED) is 0.721. The van der Waals surface area contributed by atoms with E-state index < -0.39 is 12.0 Å². The predicted octanol–water partition coefficient (Wildman–Crippen LogP) is 1.16. The molecule has 1 aromatic rings. The summed E-state index contributed by atoms with van der Waals surface area (Å²) in [6.45, 7) is 2.80. The van der Waals surface area contributed by atoms with Crippen LogP contribution in [0.3, 0.4) is 0 Å². The van der Waals surface area contributed by atoms with Crippen molar-refractivity contribution in [3.63, 3.8) is 0 Å². The Balaban J connectivity index is 1.87. The summed E-state index contributed by atoms with van der Waals surface area (Å²) in [5.74, 6) is -0.917. The molecule has 0 unspecified atom stereocenters. The van der Waals surface area contributed by atoms with Gasteiger partial charge in [0, 0.05) is 18.7 Å². The Morgan fingerprint density at radius 2 is 2.00 bits per heavy atom. The van der Waals surface area contributed by atoms with Crippen molar-refractivity contribution in [1.29, 1.82) is 0 Å². The van der Waals surface area contributed by atoms with Crippen LogP contribution in [0.2, 0.25) is 0 Å². The second-order valence-corrected chi connectivity index (χ2v) is 5.87. The van der Waals surface area contributed by atoms with Crippen LogP contribution in [-0.4, -0.2) is 43.6 Å². The van der Waals surface area contributed by atoms with E-state index in [4.69, 9.17) is 4.74 Å². The number of carbonyl (C=O) groups excluding carboxylic acids is 3. The largest absolute Gasteiger partial charge is 0.467 e. The molecule has 1 heterocycles. The van der Waals surface area contributed by atoms with E-state index in [2.05, 4.69) is 15.4 Å². The first-order valence-electron chi connectivity index (χ1n) is 8.42. The van der Waals surface area contributed by atoms with Gasteiger partial charge in [-0.1, -0.05) is 19.1 Å². The Kier molecular flexibility index (Phi) is 6.94. The number of methoxy groups -OCH3 is 1. The molecule has 2 N–H and O–H groups in total. The molecule has 1 fully saturated rings. The molecule has 7 heteroatoms. The third kappa shape index (κ3) is 5.29. The smallest absolute Gasteiger partial charge is 0.328 e. The van der Waals surface area contributed by atoms with Gasteiger partial charge in [-0.3, -0.25) is 9.59 Å². The summed E-state index contributed by atoms with van der Waals surface area (Å²) < 4.78 is 9.98. The van der Waals surface area contributed by atoms with Crippen LogP contribution < -0.4 is 10.6 Å². The van der Waals surface area contributed by atoms with Crippen molar-refractivity contribution in [2.45, 2.75) is 44.9 Å². The normalized spacial score (nSPS) is 17.6. The summed E-state index contributed by atoms with van der Waals surface area (Å²) >= 11 is 0. The molecule has 2 rings (SSSR count). The van der Waals surface area contributed by atoms with Crippen LogP contribution in [0.5, 0.6) is 0 Å². The second-order valence-electron chi connectivity index (χ2n) is 5.87. The number of nitrogens with one attached hydrogen (secondary N) is 2. The minimum absolute atomic E-state index is 0.108. The Bertz CT molecular complexity index is 608. The summed E-state index contributed by atoms with van der Waals surface area (Å²) in [4.78, 5) is 35.6. The molecular formula is C18H24N2O5. The number of carbonyl (C=O) groups is 3. The molecule has 2 atom stereocenters. The highest BCUT2D eigenvalue weighted by Gasteiger charge is 2.23. The monoisotopic (exact) mass is 348 g/mol. The first-order valence-corrected chi connectivity index (χ1v) is 8.42. The van der Waals surface area contributed by atoms with Gasteiger partial charge in [-0.2, -0.15) is 0 Å². The minimum atomic E-state index is -0.664. The fourth-order valence-electron chi connectivity index (χ4n) is 2.57. The van der Waals surface area contributed by atoms with Crippen molar-refractivity contribution >= 4 is 17.8 Å². The standard InChI is InChI=1S/C18H24N2O5/c1-3-14(18(23)24-2)20-16(21)13-8-6-12(7-9-13)11-19-17(22)15-5-4-10-25-15/h6-9,14-15H,3-5,10-11H2,1-2H3,(H,19,22)(H,20,21)/t14-,15+/m1/s1. The van der Waals surface area contributed by atoms with E-state index in [0.29, 0.717) is 25.1 Å². The van der Waals surface area contributed by atoms with Gasteiger partial charge in [-0.15, -0.1) is 0 Å². The van der Waals surface area contributed by atoms with Crippen LogP contribution in [0.4, 0.5) is 0 Å². The van der Waals surface area contributed by atoms with Gasteiger partial charge in [0.15, 0.2) is 0 Å². The van der Waals surface area contributed by atoms with Crippen LogP contribution in [0, 0.1) is 0 Å². The van der Waals surface area contributed by atoms with E-state index >= 15 is 0 Å². The van der Waals surface area contributed by atoms with Gasteiger partial charge in [0.1, 0.15) is 12.1 Å². The van der Waals surface area contributed by atoms with Gasteiger partial charge in [0.2, 0.25) is 5.91 Å². The van der Waals surface area contributed by atoms with Crippen molar-refractivity contribution in [3.05, 3.63) is 35.4 Å². The Morgan fingerprint density at radius 3 is 2.56 bits per heavy atom. The molecule has 2 amide bonds. The van der Waals surface area contributed by atoms with Gasteiger partial charge in [-0.25, -0.2) is 4.79 Å². The Morgan fingerprint density at radius 1 is 1.28 bits per heavy atom. The van der Waals surface area contributed by atoms with E-state index in [9.17, 15) is 14.4 Å². The summed E-state index contributed by atoms with van der Waals surface area (Å²) in [6.07, 6.45) is 1.76. The molecule has 1 aliphatic rings. The van der Waals surface area contributed by atoms with Gasteiger partial charge < -0.3 is 20.1 Å². The highest BCUT2D eigenvalue weighted by Crippen LogP contribution is 2.12. The Hall–Kier alpha value is -2.41. The molecule has 0 saturated carbocycles.